The van der Waals surface area contributed by atoms with E-state index in [2.05, 4.69) is 142 Å². The van der Waals surface area contributed by atoms with Gasteiger partial charge in [-0.05, 0) is 135 Å². The summed E-state index contributed by atoms with van der Waals surface area (Å²) in [5.41, 5.74) is 0. The summed E-state index contributed by atoms with van der Waals surface area (Å²) in [6.45, 7) is 6.48. The maximum atomic E-state index is 12.9. The lowest BCUT2D eigenvalue weighted by Crippen LogP contribution is -2.30. The van der Waals surface area contributed by atoms with Crippen LogP contribution in [0.25, 0.3) is 0 Å². The average Bonchev–Trinajstić information content (AvgIpc) is 3.47. The second-order valence-corrected chi connectivity index (χ2v) is 22.7. The topological polar surface area (TPSA) is 78.9 Å². The number of hydrogen-bond acceptors (Lipinski definition) is 6. The zero-order chi connectivity index (χ0) is 59.2. The molecule has 0 aliphatic carbocycles. The van der Waals surface area contributed by atoms with Gasteiger partial charge in [0.25, 0.3) is 0 Å². The molecule has 82 heavy (non-hydrogen) atoms. The molecule has 0 saturated carbocycles. The summed E-state index contributed by atoms with van der Waals surface area (Å²) in [4.78, 5) is 38.4. The number of allylic oxidation sites excluding steroid dienone is 20. The van der Waals surface area contributed by atoms with Crippen LogP contribution in [0.5, 0.6) is 0 Å². The molecule has 0 N–H and O–H groups in total. The van der Waals surface area contributed by atoms with Crippen molar-refractivity contribution in [3.8, 4) is 0 Å². The van der Waals surface area contributed by atoms with Crippen LogP contribution in [0.1, 0.15) is 323 Å². The summed E-state index contributed by atoms with van der Waals surface area (Å²) in [6.07, 6.45) is 96.5. The normalized spacial score (nSPS) is 12.9. The molecule has 1 unspecified atom stereocenters. The molecule has 0 spiro atoms. The predicted octanol–water partition coefficient (Wildman–Crippen LogP) is 23.9. The molecule has 0 aliphatic heterocycles. The summed E-state index contributed by atoms with van der Waals surface area (Å²) < 4.78 is 16.9. The molecule has 0 amide bonds. The average molecular weight is 1140 g/mol. The number of unbranched alkanes of at least 4 members (excludes halogenated alkanes) is 31. The van der Waals surface area contributed by atoms with E-state index in [-0.39, 0.29) is 31.1 Å². The second-order valence-electron chi connectivity index (χ2n) is 22.7. The summed E-state index contributed by atoms with van der Waals surface area (Å²) in [5, 5.41) is 0. The number of hydrogen-bond donors (Lipinski definition) is 0. The molecular weight excluding hydrogens is 1010 g/mol. The smallest absolute Gasteiger partial charge is 0.306 e. The van der Waals surface area contributed by atoms with Crippen molar-refractivity contribution in [1.29, 1.82) is 0 Å². The number of ether oxygens (including phenoxy) is 3. The van der Waals surface area contributed by atoms with Crippen LogP contribution >= 0.6 is 0 Å². The van der Waals surface area contributed by atoms with Crippen LogP contribution in [0, 0.1) is 0 Å². The third-order valence-electron chi connectivity index (χ3n) is 14.7. The van der Waals surface area contributed by atoms with Gasteiger partial charge >= 0.3 is 17.9 Å². The SMILES string of the molecule is CC/C=C\C/C=C\C/C=C\C/C=C\C/C=C\C/C=C\CCCCCCC(=O)OC(COC(=O)CCCCCCC/C=C\CCCCC)COC(=O)CCCCCCCCCCCCCCCC/C=C\C/C=C\C/C=C\CCCCCCC. The van der Waals surface area contributed by atoms with E-state index in [0.29, 0.717) is 19.3 Å². The highest BCUT2D eigenvalue weighted by molar-refractivity contribution is 5.71. The summed E-state index contributed by atoms with van der Waals surface area (Å²) >= 11 is 0. The van der Waals surface area contributed by atoms with Gasteiger partial charge in [0, 0.05) is 19.3 Å². The third-order valence-corrected chi connectivity index (χ3v) is 14.7. The molecule has 6 nitrogen and oxygen atoms in total. The predicted molar refractivity (Wildman–Crippen MR) is 357 cm³/mol. The first-order valence-electron chi connectivity index (χ1n) is 34.5. The highest BCUT2D eigenvalue weighted by atomic mass is 16.6. The van der Waals surface area contributed by atoms with Crippen molar-refractivity contribution in [3.05, 3.63) is 122 Å². The third kappa shape index (κ3) is 66.6. The van der Waals surface area contributed by atoms with Crippen molar-refractivity contribution in [1.82, 2.24) is 0 Å². The maximum Gasteiger partial charge on any atom is 0.306 e. The quantitative estimate of drug-likeness (QED) is 0.0261. The van der Waals surface area contributed by atoms with Crippen molar-refractivity contribution in [2.45, 2.75) is 329 Å². The van der Waals surface area contributed by atoms with Crippen LogP contribution in [0.3, 0.4) is 0 Å². The van der Waals surface area contributed by atoms with Crippen molar-refractivity contribution < 1.29 is 28.6 Å². The highest BCUT2D eigenvalue weighted by Gasteiger charge is 2.19. The van der Waals surface area contributed by atoms with Gasteiger partial charge in [-0.3, -0.25) is 14.4 Å². The molecule has 0 fully saturated rings. The zero-order valence-electron chi connectivity index (χ0n) is 53.7. The van der Waals surface area contributed by atoms with E-state index in [1.54, 1.807) is 0 Å². The van der Waals surface area contributed by atoms with Gasteiger partial charge in [0.05, 0.1) is 0 Å². The number of carbonyl (C=O) groups excluding carboxylic acids is 3. The fourth-order valence-electron chi connectivity index (χ4n) is 9.51. The Morgan fingerprint density at radius 2 is 0.476 bits per heavy atom. The fourth-order valence-corrected chi connectivity index (χ4v) is 9.51. The molecule has 0 saturated heterocycles. The Morgan fingerprint density at radius 1 is 0.256 bits per heavy atom. The minimum Gasteiger partial charge on any atom is -0.462 e. The van der Waals surface area contributed by atoms with Crippen molar-refractivity contribution >= 4 is 17.9 Å². The van der Waals surface area contributed by atoms with Crippen molar-refractivity contribution in [2.75, 3.05) is 13.2 Å². The van der Waals surface area contributed by atoms with E-state index in [1.165, 1.54) is 148 Å². The lowest BCUT2D eigenvalue weighted by molar-refractivity contribution is -0.167. The number of rotatable bonds is 62. The van der Waals surface area contributed by atoms with Crippen LogP contribution in [0.15, 0.2) is 122 Å². The number of esters is 3. The Labute approximate surface area is 507 Å². The van der Waals surface area contributed by atoms with Crippen molar-refractivity contribution in [2.24, 2.45) is 0 Å². The molecule has 0 bridgehead atoms. The largest absolute Gasteiger partial charge is 0.462 e. The summed E-state index contributed by atoms with van der Waals surface area (Å²) in [5.74, 6) is -0.920. The molecule has 468 valence electrons. The minimum atomic E-state index is -0.800. The van der Waals surface area contributed by atoms with Gasteiger partial charge in [0.1, 0.15) is 13.2 Å². The Balaban J connectivity index is 4.31. The Hall–Kier alpha value is -4.19. The van der Waals surface area contributed by atoms with Gasteiger partial charge < -0.3 is 14.2 Å². The molecule has 0 aromatic heterocycles. The van der Waals surface area contributed by atoms with Gasteiger partial charge in [-0.1, -0.05) is 290 Å². The molecule has 0 aromatic rings. The van der Waals surface area contributed by atoms with E-state index in [4.69, 9.17) is 14.2 Å². The van der Waals surface area contributed by atoms with E-state index < -0.39 is 6.10 Å². The lowest BCUT2D eigenvalue weighted by Gasteiger charge is -2.18. The molecule has 0 aliphatic rings. The Bertz CT molecular complexity index is 1690. The van der Waals surface area contributed by atoms with Crippen LogP contribution in [0.4, 0.5) is 0 Å². The van der Waals surface area contributed by atoms with Gasteiger partial charge in [0.2, 0.25) is 0 Å². The summed E-state index contributed by atoms with van der Waals surface area (Å²) in [6, 6.07) is 0. The van der Waals surface area contributed by atoms with E-state index in [1.807, 2.05) is 0 Å². The van der Waals surface area contributed by atoms with Crippen LogP contribution in [-0.4, -0.2) is 37.2 Å². The molecule has 0 rings (SSSR count). The van der Waals surface area contributed by atoms with Crippen LogP contribution < -0.4 is 0 Å². The number of carbonyl (C=O) groups is 3. The summed E-state index contributed by atoms with van der Waals surface area (Å²) in [7, 11) is 0. The molecule has 1 atom stereocenters. The molecule has 0 aromatic carbocycles. The second kappa shape index (κ2) is 69.3. The fraction of sp³-hybridized carbons (Fsp3) is 0.697. The molecule has 0 radical (unpaired) electrons. The van der Waals surface area contributed by atoms with E-state index >= 15 is 0 Å². The monoisotopic (exact) mass is 1140 g/mol. The maximum absolute atomic E-state index is 12.9. The van der Waals surface area contributed by atoms with Crippen molar-refractivity contribution in [3.63, 3.8) is 0 Å². The Kier molecular flexibility index (Phi) is 65.8. The first kappa shape index (κ1) is 77.8. The zero-order valence-corrected chi connectivity index (χ0v) is 53.7. The van der Waals surface area contributed by atoms with Gasteiger partial charge in [0.15, 0.2) is 6.10 Å². The van der Waals surface area contributed by atoms with Crippen LogP contribution in [-0.2, 0) is 28.6 Å². The molecular formula is C76H128O6. The lowest BCUT2D eigenvalue weighted by atomic mass is 10.0. The van der Waals surface area contributed by atoms with Gasteiger partial charge in [-0.25, -0.2) is 0 Å². The minimum absolute atomic E-state index is 0.0925. The molecule has 0 heterocycles. The van der Waals surface area contributed by atoms with Crippen LogP contribution in [0.2, 0.25) is 0 Å². The Morgan fingerprint density at radius 3 is 0.780 bits per heavy atom. The first-order valence-corrected chi connectivity index (χ1v) is 34.5. The molecule has 6 heteroatoms. The van der Waals surface area contributed by atoms with E-state index in [0.717, 1.165) is 135 Å². The first-order chi connectivity index (χ1) is 40.5. The highest BCUT2D eigenvalue weighted by Crippen LogP contribution is 2.16. The standard InChI is InChI=1S/C76H128O6/c1-4-7-10-13-16-19-22-25-27-29-31-33-35-36-37-38-39-40-42-43-45-47-49-51-54-57-60-63-66-69-75(78)81-72-73(71-80-74(77)68-65-62-59-56-53-24-21-18-15-12-9-6-3)82-76(79)70-67-64-61-58-55-52-50-48-46-44-41-34-32-30-28-26-23-20-17-14-11-8-5-2/h8,11,17-18,20-22,25-26,28-29,31-32,34-36,44,46,50,52,73H,4-7,9-10,12-16,19,23-24,27,30,33,37-43,45,47-49,51,53-72H2,1-3H3/b11-8-,20-17-,21-18-,25-22-,28-26-,31-29-,34-32-,36-35-,46-44-,52-50-. The van der Waals surface area contributed by atoms with Gasteiger partial charge in [-0.15, -0.1) is 0 Å². The van der Waals surface area contributed by atoms with Gasteiger partial charge in [-0.2, -0.15) is 0 Å². The van der Waals surface area contributed by atoms with E-state index in [9.17, 15) is 14.4 Å².